The Morgan fingerprint density at radius 1 is 0.955 bits per heavy atom. The molecule has 1 saturated heterocycles. The summed E-state index contributed by atoms with van der Waals surface area (Å²) < 4.78 is 31.3. The van der Waals surface area contributed by atoms with E-state index in [4.69, 9.17) is 14.5 Å². The van der Waals surface area contributed by atoms with E-state index in [1.807, 2.05) is 6.07 Å². The number of methoxy groups -OCH3 is 1. The van der Waals surface area contributed by atoms with E-state index in [2.05, 4.69) is 34.6 Å². The smallest absolute Gasteiger partial charge is 0.305 e. The lowest BCUT2D eigenvalue weighted by Crippen LogP contribution is -2.53. The van der Waals surface area contributed by atoms with Crippen LogP contribution in [-0.4, -0.2) is 39.5 Å². The number of benzene rings is 1. The molecule has 0 N–H and O–H groups in total. The van der Waals surface area contributed by atoms with E-state index in [9.17, 15) is 13.2 Å². The summed E-state index contributed by atoms with van der Waals surface area (Å²) in [7, 11) is -1.98. The van der Waals surface area contributed by atoms with Crippen molar-refractivity contribution in [1.82, 2.24) is 0 Å². The van der Waals surface area contributed by atoms with Crippen molar-refractivity contribution in [3.05, 3.63) is 30.3 Å². The molecule has 0 radical (unpaired) electrons. The molecule has 44 heavy (non-hydrogen) atoms. The van der Waals surface area contributed by atoms with Gasteiger partial charge in [-0.1, -0.05) is 72.1 Å². The van der Waals surface area contributed by atoms with Crippen LogP contribution in [-0.2, 0) is 29.1 Å². The minimum atomic E-state index is -3.47. The van der Waals surface area contributed by atoms with E-state index < -0.39 is 15.9 Å². The first-order valence-electron chi connectivity index (χ1n) is 17.5. The minimum absolute atomic E-state index is 0.0843. The third kappa shape index (κ3) is 6.95. The highest BCUT2D eigenvalue weighted by atomic mass is 32.2. The fourth-order valence-electron chi connectivity index (χ4n) is 10.7. The third-order valence-electron chi connectivity index (χ3n) is 12.9. The molecule has 248 valence electrons. The molecule has 0 amide bonds. The number of rotatable bonds is 12. The van der Waals surface area contributed by atoms with Gasteiger partial charge in [-0.05, 0) is 109 Å². The van der Waals surface area contributed by atoms with Crippen LogP contribution in [0.15, 0.2) is 35.2 Å². The Morgan fingerprint density at radius 2 is 1.68 bits per heavy atom. The highest BCUT2D eigenvalue weighted by Crippen LogP contribution is 2.68. The van der Waals surface area contributed by atoms with Gasteiger partial charge in [0.1, 0.15) is 6.10 Å². The van der Waals surface area contributed by atoms with Gasteiger partial charge >= 0.3 is 5.97 Å². The second-order valence-corrected chi connectivity index (χ2v) is 18.0. The number of fused-ring (bicyclic) bond motifs is 3. The predicted molar refractivity (Wildman–Crippen MR) is 173 cm³/mol. The van der Waals surface area contributed by atoms with Crippen LogP contribution in [0.4, 0.5) is 0 Å². The molecule has 6 nitrogen and oxygen atoms in total. The van der Waals surface area contributed by atoms with E-state index in [0.717, 1.165) is 36.5 Å². The van der Waals surface area contributed by atoms with Crippen LogP contribution >= 0.6 is 0 Å². The second kappa shape index (κ2) is 13.7. The Labute approximate surface area is 267 Å². The molecule has 7 heteroatoms. The summed E-state index contributed by atoms with van der Waals surface area (Å²) in [6.07, 6.45) is 12.5. The van der Waals surface area contributed by atoms with Crippen molar-refractivity contribution < 1.29 is 27.7 Å². The van der Waals surface area contributed by atoms with E-state index in [0.29, 0.717) is 35.0 Å². The van der Waals surface area contributed by atoms with Gasteiger partial charge in [-0.15, -0.1) is 0 Å². The average molecular weight is 631 g/mol. The van der Waals surface area contributed by atoms with Crippen LogP contribution in [0.1, 0.15) is 112 Å². The largest absolute Gasteiger partial charge is 0.469 e. The van der Waals surface area contributed by atoms with E-state index >= 15 is 0 Å². The Kier molecular flexibility index (Phi) is 10.6. The summed E-state index contributed by atoms with van der Waals surface area (Å²) in [4.78, 5) is 24.6. The summed E-state index contributed by atoms with van der Waals surface area (Å²) in [6, 6.07) is 8.60. The predicted octanol–water partition coefficient (Wildman–Crippen LogP) is 8.44. The maximum absolute atomic E-state index is 13.1. The molecule has 10 atom stereocenters. The van der Waals surface area contributed by atoms with Crippen molar-refractivity contribution in [2.45, 2.75) is 129 Å². The standard InChI is InChI=1S/C37H58O6S/c1-25(2)11-10-12-26(3)32-17-18-33-31-16-15-27(21-35(38)41-6)37(5,34(31)19-20-36(32,33)4)23-28-22-29(43-42-28)24-44(39,40)30-13-8-7-9-14-30/h7-9,13-14,25-29,31-34H,10-12,15-24H2,1-6H3/t26-,27+,28-,29-,31+,32-,33+,34+,36-,37+/m1/s1. The SMILES string of the molecule is COC(=O)C[C@@H]1CC[C@@H]2[C@H](CC[C@]3(C)[C@@H]([C@H](C)CCCC(C)C)CC[C@@H]23)[C@@]1(C)C[C@H]1C[C@H](CS(=O)(=O)c2ccccc2)OO1. The number of ether oxygens (including phenoxy) is 1. The van der Waals surface area contributed by atoms with Gasteiger partial charge in [-0.25, -0.2) is 18.2 Å². The zero-order valence-electron chi connectivity index (χ0n) is 28.1. The molecule has 3 aliphatic carbocycles. The molecular weight excluding hydrogens is 572 g/mol. The van der Waals surface area contributed by atoms with Gasteiger partial charge in [-0.3, -0.25) is 4.79 Å². The van der Waals surface area contributed by atoms with Crippen LogP contribution < -0.4 is 0 Å². The molecule has 0 bridgehead atoms. The van der Waals surface area contributed by atoms with Crippen LogP contribution in [0.3, 0.4) is 0 Å². The molecule has 0 aromatic heterocycles. The molecule has 1 heterocycles. The van der Waals surface area contributed by atoms with Gasteiger partial charge in [0.2, 0.25) is 0 Å². The summed E-state index contributed by atoms with van der Waals surface area (Å²) in [5.41, 5.74) is 0.305. The summed E-state index contributed by atoms with van der Waals surface area (Å²) in [5.74, 6) is 4.29. The van der Waals surface area contributed by atoms with E-state index in [1.54, 1.807) is 24.3 Å². The van der Waals surface area contributed by atoms with Crippen molar-refractivity contribution in [2.75, 3.05) is 12.9 Å². The molecule has 3 saturated carbocycles. The zero-order valence-corrected chi connectivity index (χ0v) is 28.9. The Balaban J connectivity index is 1.30. The number of carbonyl (C=O) groups excluding carboxylic acids is 1. The van der Waals surface area contributed by atoms with Crippen LogP contribution in [0.25, 0.3) is 0 Å². The normalized spacial score (nSPS) is 37.8. The Bertz CT molecular complexity index is 1220. The van der Waals surface area contributed by atoms with Crippen LogP contribution in [0, 0.1) is 52.3 Å². The Morgan fingerprint density at radius 3 is 2.39 bits per heavy atom. The minimum Gasteiger partial charge on any atom is -0.469 e. The number of hydrogen-bond acceptors (Lipinski definition) is 6. The number of sulfone groups is 1. The highest BCUT2D eigenvalue weighted by molar-refractivity contribution is 7.91. The number of carbonyl (C=O) groups is 1. The van der Waals surface area contributed by atoms with Gasteiger partial charge in [-0.2, -0.15) is 0 Å². The monoisotopic (exact) mass is 630 g/mol. The lowest BCUT2D eigenvalue weighted by atomic mass is 9.45. The fourth-order valence-corrected chi connectivity index (χ4v) is 12.1. The zero-order chi connectivity index (χ0) is 31.7. The first-order chi connectivity index (χ1) is 20.9. The number of esters is 1. The average Bonchev–Trinajstić information content (AvgIpc) is 3.57. The van der Waals surface area contributed by atoms with Gasteiger partial charge < -0.3 is 4.74 Å². The first-order valence-corrected chi connectivity index (χ1v) is 19.2. The van der Waals surface area contributed by atoms with Crippen molar-refractivity contribution in [3.8, 4) is 0 Å². The highest BCUT2D eigenvalue weighted by Gasteiger charge is 2.60. The lowest BCUT2D eigenvalue weighted by molar-refractivity contribution is -0.299. The van der Waals surface area contributed by atoms with Crippen molar-refractivity contribution in [3.63, 3.8) is 0 Å². The van der Waals surface area contributed by atoms with Crippen molar-refractivity contribution >= 4 is 15.8 Å². The molecule has 0 unspecified atom stereocenters. The summed E-state index contributed by atoms with van der Waals surface area (Å²) in [5, 5.41) is 0. The van der Waals surface area contributed by atoms with Crippen molar-refractivity contribution in [1.29, 1.82) is 0 Å². The first kappa shape index (κ1) is 33.9. The topological polar surface area (TPSA) is 78.9 Å². The van der Waals surface area contributed by atoms with Crippen LogP contribution in [0.5, 0.6) is 0 Å². The number of hydrogen-bond donors (Lipinski definition) is 0. The molecule has 4 aliphatic rings. The fraction of sp³-hybridized carbons (Fsp3) is 0.811. The molecule has 1 aromatic rings. The molecule has 1 aliphatic heterocycles. The van der Waals surface area contributed by atoms with E-state index in [-0.39, 0.29) is 29.2 Å². The van der Waals surface area contributed by atoms with Gasteiger partial charge in [0, 0.05) is 12.8 Å². The summed E-state index contributed by atoms with van der Waals surface area (Å²) >= 11 is 0. The molecule has 1 aromatic carbocycles. The van der Waals surface area contributed by atoms with Crippen molar-refractivity contribution in [2.24, 2.45) is 52.3 Å². The lowest BCUT2D eigenvalue weighted by Gasteiger charge is -2.59. The van der Waals surface area contributed by atoms with Crippen LogP contribution in [0.2, 0.25) is 0 Å². The van der Waals surface area contributed by atoms with Gasteiger partial charge in [0.15, 0.2) is 9.84 Å². The Hall–Kier alpha value is -1.44. The molecule has 5 rings (SSSR count). The molecule has 4 fully saturated rings. The summed E-state index contributed by atoms with van der Waals surface area (Å²) in [6.45, 7) is 12.2. The quantitative estimate of drug-likeness (QED) is 0.170. The molecule has 0 spiro atoms. The van der Waals surface area contributed by atoms with Gasteiger partial charge in [0.25, 0.3) is 0 Å². The molecular formula is C37H58O6S. The van der Waals surface area contributed by atoms with E-state index in [1.165, 1.54) is 58.5 Å². The maximum Gasteiger partial charge on any atom is 0.305 e. The maximum atomic E-state index is 13.1. The second-order valence-electron chi connectivity index (χ2n) is 15.9. The third-order valence-corrected chi connectivity index (χ3v) is 14.7. The van der Waals surface area contributed by atoms with Gasteiger partial charge in [0.05, 0.1) is 23.9 Å².